The summed E-state index contributed by atoms with van der Waals surface area (Å²) in [5, 5.41) is 14.3. The van der Waals surface area contributed by atoms with Gasteiger partial charge in [0.15, 0.2) is 0 Å². The molecule has 0 saturated carbocycles. The second kappa shape index (κ2) is 5.69. The molecular weight excluding hydrogens is 352 g/mol. The first-order valence-corrected chi connectivity index (χ1v) is 9.30. The van der Waals surface area contributed by atoms with Gasteiger partial charge in [-0.15, -0.1) is 0 Å². The average molecular weight is 366 g/mol. The van der Waals surface area contributed by atoms with Crippen molar-refractivity contribution in [2.45, 2.75) is 4.90 Å². The molecule has 0 bridgehead atoms. The van der Waals surface area contributed by atoms with E-state index in [0.29, 0.717) is 0 Å². The van der Waals surface area contributed by atoms with Crippen LogP contribution in [0.4, 0.5) is 17.1 Å². The van der Waals surface area contributed by atoms with E-state index in [-0.39, 0.29) is 10.5 Å². The van der Waals surface area contributed by atoms with Gasteiger partial charge in [0.2, 0.25) is 10.0 Å². The van der Waals surface area contributed by atoms with Gasteiger partial charge in [-0.3, -0.25) is 0 Å². The van der Waals surface area contributed by atoms with Crippen molar-refractivity contribution < 1.29 is 18.3 Å². The Hall–Kier alpha value is -3.16. The minimum atomic E-state index is -3.77. The molecule has 0 aromatic heterocycles. The summed E-state index contributed by atoms with van der Waals surface area (Å²) >= 11 is 0. The number of anilines is 3. The molecule has 130 valence electrons. The van der Waals surface area contributed by atoms with Crippen molar-refractivity contribution in [1.82, 2.24) is 0 Å². The minimum Gasteiger partial charge on any atom is -0.478 e. The first-order chi connectivity index (χ1) is 12.3. The van der Waals surface area contributed by atoms with E-state index in [0.717, 1.165) is 28.2 Å². The molecule has 3 aromatic carbocycles. The monoisotopic (exact) mass is 366 g/mol. The largest absolute Gasteiger partial charge is 0.478 e. The molecular formula is C19H14N2O4S. The summed E-state index contributed by atoms with van der Waals surface area (Å²) in [7, 11) is -3.77. The highest BCUT2D eigenvalue weighted by Crippen LogP contribution is 2.54. The van der Waals surface area contributed by atoms with E-state index >= 15 is 0 Å². The highest BCUT2D eigenvalue weighted by Gasteiger charge is 2.31. The standard InChI is InChI=1S/C19H14N2O4S/c20-26(24,25)16-6-2-4-13(10-16)12-3-1-5-15(9-12)21-17-8-7-14(19(22)23)11-18(17)21/h1-11H,(H,22,23)(H2,20,24,25). The maximum absolute atomic E-state index is 11.6. The van der Waals surface area contributed by atoms with Gasteiger partial charge in [-0.25, -0.2) is 18.4 Å². The number of carboxylic acid groups (broad SMARTS) is 1. The van der Waals surface area contributed by atoms with Crippen LogP contribution in [0.25, 0.3) is 11.1 Å². The van der Waals surface area contributed by atoms with Gasteiger partial charge in [0.05, 0.1) is 21.8 Å². The zero-order chi connectivity index (χ0) is 18.5. The zero-order valence-corrected chi connectivity index (χ0v) is 14.3. The number of rotatable bonds is 4. The van der Waals surface area contributed by atoms with Crippen LogP contribution in [0.1, 0.15) is 10.4 Å². The molecule has 0 unspecified atom stereocenters. The fourth-order valence-electron chi connectivity index (χ4n) is 2.94. The number of carbonyl (C=O) groups is 1. The van der Waals surface area contributed by atoms with Crippen LogP contribution in [0.3, 0.4) is 0 Å². The quantitative estimate of drug-likeness (QED) is 0.539. The zero-order valence-electron chi connectivity index (χ0n) is 13.5. The first-order valence-electron chi connectivity index (χ1n) is 7.75. The second-order valence-electron chi connectivity index (χ2n) is 5.97. The highest BCUT2D eigenvalue weighted by atomic mass is 32.2. The topological polar surface area (TPSA) is 100 Å². The van der Waals surface area contributed by atoms with Gasteiger partial charge in [-0.2, -0.15) is 0 Å². The van der Waals surface area contributed by atoms with E-state index in [1.54, 1.807) is 24.3 Å². The molecule has 0 atom stereocenters. The fraction of sp³-hybridized carbons (Fsp3) is 0. The van der Waals surface area contributed by atoms with E-state index in [2.05, 4.69) is 0 Å². The lowest BCUT2D eigenvalue weighted by Gasteiger charge is -2.08. The van der Waals surface area contributed by atoms with E-state index in [1.165, 1.54) is 12.1 Å². The normalized spacial score (nSPS) is 12.6. The number of hydrogen-bond donors (Lipinski definition) is 2. The van der Waals surface area contributed by atoms with E-state index in [4.69, 9.17) is 10.2 Å². The number of nitrogens with zero attached hydrogens (tertiary/aromatic N) is 1. The lowest BCUT2D eigenvalue weighted by molar-refractivity contribution is 0.0697. The van der Waals surface area contributed by atoms with Gasteiger partial charge in [0.1, 0.15) is 0 Å². The Morgan fingerprint density at radius 1 is 0.885 bits per heavy atom. The predicted molar refractivity (Wildman–Crippen MR) is 98.5 cm³/mol. The smallest absolute Gasteiger partial charge is 0.335 e. The fourth-order valence-corrected chi connectivity index (χ4v) is 3.50. The van der Waals surface area contributed by atoms with Crippen molar-refractivity contribution >= 4 is 33.1 Å². The molecule has 6 nitrogen and oxygen atoms in total. The van der Waals surface area contributed by atoms with Crippen molar-refractivity contribution in [3.8, 4) is 11.1 Å². The van der Waals surface area contributed by atoms with E-state index < -0.39 is 16.0 Å². The highest BCUT2D eigenvalue weighted by molar-refractivity contribution is 7.89. The van der Waals surface area contributed by atoms with Crippen LogP contribution in [0.5, 0.6) is 0 Å². The molecule has 0 amide bonds. The van der Waals surface area contributed by atoms with Crippen LogP contribution in [0, 0.1) is 0 Å². The van der Waals surface area contributed by atoms with Crippen molar-refractivity contribution in [2.75, 3.05) is 4.90 Å². The van der Waals surface area contributed by atoms with Crippen molar-refractivity contribution in [3.63, 3.8) is 0 Å². The molecule has 0 fully saturated rings. The molecule has 0 aliphatic carbocycles. The average Bonchev–Trinajstić information content (AvgIpc) is 3.34. The number of sulfonamides is 1. The van der Waals surface area contributed by atoms with Crippen molar-refractivity contribution in [3.05, 3.63) is 72.3 Å². The number of hydrogen-bond acceptors (Lipinski definition) is 4. The molecule has 3 aromatic rings. The van der Waals surface area contributed by atoms with E-state index in [1.807, 2.05) is 35.2 Å². The molecule has 4 rings (SSSR count). The van der Waals surface area contributed by atoms with Gasteiger partial charge in [0, 0.05) is 5.69 Å². The van der Waals surface area contributed by atoms with Gasteiger partial charge < -0.3 is 10.0 Å². The third-order valence-electron chi connectivity index (χ3n) is 4.25. The Labute approximate surface area is 150 Å². The molecule has 1 aliphatic rings. The molecule has 1 heterocycles. The predicted octanol–water partition coefficient (Wildman–Crippen LogP) is 3.48. The third kappa shape index (κ3) is 2.83. The number of primary sulfonamides is 1. The Bertz CT molecular complexity index is 1160. The summed E-state index contributed by atoms with van der Waals surface area (Å²) in [6.07, 6.45) is 0. The summed E-state index contributed by atoms with van der Waals surface area (Å²) in [6.45, 7) is 0. The van der Waals surface area contributed by atoms with Gasteiger partial charge in [-0.05, 0) is 53.6 Å². The summed E-state index contributed by atoms with van der Waals surface area (Å²) in [6, 6.07) is 19.0. The number of nitrogens with two attached hydrogens (primary N) is 1. The van der Waals surface area contributed by atoms with Crippen LogP contribution in [0.2, 0.25) is 0 Å². The molecule has 0 saturated heterocycles. The van der Waals surface area contributed by atoms with Crippen molar-refractivity contribution in [2.24, 2.45) is 5.14 Å². The summed E-state index contributed by atoms with van der Waals surface area (Å²) in [5.74, 6) is -0.965. The molecule has 0 radical (unpaired) electrons. The minimum absolute atomic E-state index is 0.0570. The van der Waals surface area contributed by atoms with Crippen LogP contribution in [-0.2, 0) is 10.0 Å². The Morgan fingerprint density at radius 3 is 2.27 bits per heavy atom. The Morgan fingerprint density at radius 2 is 1.58 bits per heavy atom. The van der Waals surface area contributed by atoms with Crippen LogP contribution in [-0.4, -0.2) is 19.5 Å². The second-order valence-corrected chi connectivity index (χ2v) is 7.53. The summed E-state index contributed by atoms with van der Waals surface area (Å²) in [4.78, 5) is 13.1. The summed E-state index contributed by atoms with van der Waals surface area (Å²) < 4.78 is 23.1. The van der Waals surface area contributed by atoms with E-state index in [9.17, 15) is 13.2 Å². The van der Waals surface area contributed by atoms with Gasteiger partial charge in [0.25, 0.3) is 0 Å². The summed E-state index contributed by atoms with van der Waals surface area (Å²) in [5.41, 5.74) is 4.48. The van der Waals surface area contributed by atoms with Crippen LogP contribution >= 0.6 is 0 Å². The maximum atomic E-state index is 11.6. The molecule has 0 spiro atoms. The SMILES string of the molecule is NS(=O)(=O)c1cccc(-c2cccc(N3c4ccc(C(=O)O)cc43)c2)c1. The molecule has 7 heteroatoms. The van der Waals surface area contributed by atoms with Gasteiger partial charge in [-0.1, -0.05) is 24.3 Å². The molecule has 26 heavy (non-hydrogen) atoms. The molecule has 1 aliphatic heterocycles. The maximum Gasteiger partial charge on any atom is 0.335 e. The lowest BCUT2D eigenvalue weighted by atomic mass is 10.1. The number of aromatic carboxylic acids is 1. The van der Waals surface area contributed by atoms with Gasteiger partial charge >= 0.3 is 5.97 Å². The number of carboxylic acids is 1. The number of fused-ring (bicyclic) bond motifs is 1. The van der Waals surface area contributed by atoms with Crippen LogP contribution in [0.15, 0.2) is 71.6 Å². The first kappa shape index (κ1) is 16.3. The number of benzene rings is 3. The Kier molecular flexibility index (Phi) is 3.57. The Balaban J connectivity index is 1.70. The van der Waals surface area contributed by atoms with Crippen molar-refractivity contribution in [1.29, 1.82) is 0 Å². The van der Waals surface area contributed by atoms with Crippen LogP contribution < -0.4 is 10.0 Å². The third-order valence-corrected chi connectivity index (χ3v) is 5.17. The lowest BCUT2D eigenvalue weighted by Crippen LogP contribution is -2.11. The molecule has 3 N–H and O–H groups in total.